The van der Waals surface area contributed by atoms with Gasteiger partial charge in [-0.2, -0.15) is 0 Å². The van der Waals surface area contributed by atoms with Gasteiger partial charge in [-0.15, -0.1) is 4.68 Å². The quantitative estimate of drug-likeness (QED) is 0.580. The molecule has 0 amide bonds. The van der Waals surface area contributed by atoms with Crippen LogP contribution in [0.4, 0.5) is 11.5 Å². The number of hydrogen-bond acceptors (Lipinski definition) is 6. The molecule has 0 unspecified atom stereocenters. The summed E-state index contributed by atoms with van der Waals surface area (Å²) in [6, 6.07) is 3.79. The Morgan fingerprint density at radius 2 is 1.94 bits per heavy atom. The van der Waals surface area contributed by atoms with Gasteiger partial charge < -0.3 is 10.1 Å². The topological polar surface area (TPSA) is 117 Å². The van der Waals surface area contributed by atoms with Crippen LogP contribution in [-0.4, -0.2) is 24.6 Å². The van der Waals surface area contributed by atoms with E-state index in [-0.39, 0.29) is 11.5 Å². The summed E-state index contributed by atoms with van der Waals surface area (Å²) in [4.78, 5) is 23.6. The molecule has 2 rings (SSSR count). The number of pyridine rings is 1. The average molecular weight is 235 g/mol. The molecular formula is C8H5N5O4. The molecule has 2 heterocycles. The zero-order valence-electron chi connectivity index (χ0n) is 8.26. The van der Waals surface area contributed by atoms with Crippen molar-refractivity contribution in [2.45, 2.75) is 0 Å². The Bertz CT molecular complexity index is 593. The molecule has 9 nitrogen and oxygen atoms in total. The molecule has 0 aliphatic carbocycles. The molecule has 0 saturated heterocycles. The molecule has 0 N–H and O–H groups in total. The normalized spacial score (nSPS) is 10.1. The van der Waals surface area contributed by atoms with E-state index in [1.54, 1.807) is 0 Å². The van der Waals surface area contributed by atoms with Gasteiger partial charge in [0.2, 0.25) is 0 Å². The standard InChI is InChI=1S/C8H5N5O4/c14-12(15)6-2-1-4-9-8(6)11-5-3-7(10-11)13(16)17/h1-5H. The van der Waals surface area contributed by atoms with Gasteiger partial charge in [0.05, 0.1) is 22.3 Å². The van der Waals surface area contributed by atoms with E-state index < -0.39 is 15.7 Å². The third kappa shape index (κ3) is 1.93. The molecule has 0 aliphatic heterocycles. The van der Waals surface area contributed by atoms with Crippen molar-refractivity contribution < 1.29 is 9.85 Å². The van der Waals surface area contributed by atoms with Crippen molar-refractivity contribution in [3.05, 3.63) is 50.8 Å². The van der Waals surface area contributed by atoms with E-state index in [9.17, 15) is 20.2 Å². The fraction of sp³-hybridized carbons (Fsp3) is 0. The maximum atomic E-state index is 10.7. The van der Waals surface area contributed by atoms with E-state index in [4.69, 9.17) is 0 Å². The van der Waals surface area contributed by atoms with Gasteiger partial charge in [-0.05, 0) is 11.0 Å². The lowest BCUT2D eigenvalue weighted by molar-refractivity contribution is -0.390. The van der Waals surface area contributed by atoms with Gasteiger partial charge in [0.25, 0.3) is 5.82 Å². The Morgan fingerprint density at radius 3 is 2.53 bits per heavy atom. The van der Waals surface area contributed by atoms with Gasteiger partial charge in [0, 0.05) is 12.3 Å². The fourth-order valence-electron chi connectivity index (χ4n) is 1.24. The summed E-state index contributed by atoms with van der Waals surface area (Å²) in [7, 11) is 0. The van der Waals surface area contributed by atoms with Crippen LogP contribution < -0.4 is 0 Å². The minimum absolute atomic E-state index is 0.0643. The first kappa shape index (κ1) is 10.7. The second-order valence-corrected chi connectivity index (χ2v) is 2.98. The van der Waals surface area contributed by atoms with Crippen molar-refractivity contribution in [3.63, 3.8) is 0 Å². The van der Waals surface area contributed by atoms with Crippen molar-refractivity contribution in [3.8, 4) is 5.82 Å². The highest BCUT2D eigenvalue weighted by molar-refractivity contribution is 5.46. The van der Waals surface area contributed by atoms with E-state index >= 15 is 0 Å². The van der Waals surface area contributed by atoms with Gasteiger partial charge in [-0.25, -0.2) is 4.98 Å². The van der Waals surface area contributed by atoms with E-state index in [2.05, 4.69) is 10.1 Å². The first-order valence-corrected chi connectivity index (χ1v) is 4.39. The molecule has 0 aliphatic rings. The summed E-state index contributed by atoms with van der Waals surface area (Å²) in [6.07, 6.45) is 2.59. The smallest absolute Gasteiger partial charge is 0.358 e. The van der Waals surface area contributed by atoms with Crippen molar-refractivity contribution >= 4 is 11.5 Å². The number of nitro groups is 2. The maximum Gasteiger partial charge on any atom is 0.390 e. The Balaban J connectivity index is 2.52. The molecule has 0 atom stereocenters. The number of hydrogen-bond donors (Lipinski definition) is 0. The van der Waals surface area contributed by atoms with Crippen LogP contribution in [0, 0.1) is 20.2 Å². The summed E-state index contributed by atoms with van der Waals surface area (Å²) in [6.45, 7) is 0. The van der Waals surface area contributed by atoms with Crippen molar-refractivity contribution in [2.75, 3.05) is 0 Å². The number of rotatable bonds is 3. The van der Waals surface area contributed by atoms with Crippen LogP contribution in [0.2, 0.25) is 0 Å². The molecular weight excluding hydrogens is 230 g/mol. The van der Waals surface area contributed by atoms with Crippen LogP contribution in [0.15, 0.2) is 30.6 Å². The Labute approximate surface area is 93.6 Å². The number of nitrogens with zero attached hydrogens (tertiary/aromatic N) is 5. The van der Waals surface area contributed by atoms with Gasteiger partial charge in [0.15, 0.2) is 0 Å². The second-order valence-electron chi connectivity index (χ2n) is 2.98. The van der Waals surface area contributed by atoms with Crippen molar-refractivity contribution in [1.82, 2.24) is 14.8 Å². The van der Waals surface area contributed by atoms with E-state index in [0.29, 0.717) is 0 Å². The monoisotopic (exact) mass is 235 g/mol. The van der Waals surface area contributed by atoms with Gasteiger partial charge in [-0.3, -0.25) is 10.1 Å². The molecule has 9 heteroatoms. The minimum Gasteiger partial charge on any atom is -0.358 e. The first-order valence-electron chi connectivity index (χ1n) is 4.39. The van der Waals surface area contributed by atoms with Crippen LogP contribution >= 0.6 is 0 Å². The van der Waals surface area contributed by atoms with E-state index in [1.807, 2.05) is 0 Å². The van der Waals surface area contributed by atoms with Crippen LogP contribution in [0.5, 0.6) is 0 Å². The minimum atomic E-state index is -0.689. The molecule has 0 aromatic carbocycles. The highest BCUT2D eigenvalue weighted by Crippen LogP contribution is 2.20. The molecule has 86 valence electrons. The predicted octanol–water partition coefficient (Wildman–Crippen LogP) is 1.08. The largest absolute Gasteiger partial charge is 0.390 e. The van der Waals surface area contributed by atoms with Crippen molar-refractivity contribution in [1.29, 1.82) is 0 Å². The maximum absolute atomic E-state index is 10.7. The molecule has 0 bridgehead atoms. The first-order chi connectivity index (χ1) is 8.09. The Kier molecular flexibility index (Phi) is 2.49. The third-order valence-electron chi connectivity index (χ3n) is 1.94. The highest BCUT2D eigenvalue weighted by atomic mass is 16.6. The Hall–Kier alpha value is -2.84. The number of aromatic nitrogens is 3. The molecule has 0 spiro atoms. The summed E-state index contributed by atoms with van der Waals surface area (Å²) >= 11 is 0. The second kappa shape index (κ2) is 3.96. The predicted molar refractivity (Wildman–Crippen MR) is 54.7 cm³/mol. The highest BCUT2D eigenvalue weighted by Gasteiger charge is 2.21. The lowest BCUT2D eigenvalue weighted by atomic mass is 10.4. The van der Waals surface area contributed by atoms with Crippen LogP contribution in [0.25, 0.3) is 5.82 Å². The molecule has 2 aromatic heterocycles. The molecule has 2 aromatic rings. The molecule has 17 heavy (non-hydrogen) atoms. The molecule has 0 fully saturated rings. The van der Waals surface area contributed by atoms with E-state index in [1.165, 1.54) is 24.5 Å². The lowest BCUT2D eigenvalue weighted by Gasteiger charge is -1.96. The zero-order valence-corrected chi connectivity index (χ0v) is 8.26. The summed E-state index contributed by atoms with van der Waals surface area (Å²) in [5.74, 6) is -0.462. The third-order valence-corrected chi connectivity index (χ3v) is 1.94. The summed E-state index contributed by atoms with van der Waals surface area (Å²) in [5, 5.41) is 24.7. The van der Waals surface area contributed by atoms with Crippen LogP contribution in [0.1, 0.15) is 0 Å². The van der Waals surface area contributed by atoms with Crippen molar-refractivity contribution in [2.24, 2.45) is 0 Å². The Morgan fingerprint density at radius 1 is 1.18 bits per heavy atom. The molecule has 0 radical (unpaired) electrons. The molecule has 0 saturated carbocycles. The fourth-order valence-corrected chi connectivity index (χ4v) is 1.24. The lowest BCUT2D eigenvalue weighted by Crippen LogP contribution is -2.03. The summed E-state index contributed by atoms with van der Waals surface area (Å²) < 4.78 is 0.996. The van der Waals surface area contributed by atoms with Gasteiger partial charge in [0.1, 0.15) is 0 Å². The summed E-state index contributed by atoms with van der Waals surface area (Å²) in [5.41, 5.74) is -0.273. The van der Waals surface area contributed by atoms with Crippen LogP contribution in [-0.2, 0) is 0 Å². The zero-order chi connectivity index (χ0) is 12.4. The van der Waals surface area contributed by atoms with Crippen LogP contribution in [0.3, 0.4) is 0 Å². The average Bonchev–Trinajstić information content (AvgIpc) is 2.78. The van der Waals surface area contributed by atoms with Gasteiger partial charge in [-0.1, -0.05) is 0 Å². The SMILES string of the molecule is O=[N+]([O-])c1ccn(-c2ncccc2[N+](=O)[O-])n1. The van der Waals surface area contributed by atoms with Gasteiger partial charge >= 0.3 is 11.5 Å². The van der Waals surface area contributed by atoms with E-state index in [0.717, 1.165) is 10.7 Å².